The van der Waals surface area contributed by atoms with E-state index in [9.17, 15) is 19.7 Å². The van der Waals surface area contributed by atoms with Gasteiger partial charge in [-0.05, 0) is 35.0 Å². The molecule has 0 radical (unpaired) electrons. The van der Waals surface area contributed by atoms with Gasteiger partial charge >= 0.3 is 0 Å². The van der Waals surface area contributed by atoms with E-state index >= 15 is 0 Å². The number of nitrogens with zero attached hydrogens (tertiary/aromatic N) is 2. The Labute approximate surface area is 152 Å². The molecular formula is C17H11ClN2O4S. The molecule has 0 aromatic heterocycles. The van der Waals surface area contributed by atoms with Crippen molar-refractivity contribution in [3.63, 3.8) is 0 Å². The largest absolute Gasteiger partial charge is 0.293 e. The average Bonchev–Trinajstić information content (AvgIpc) is 2.84. The second kappa shape index (κ2) is 7.08. The molecule has 3 rings (SSSR count). The molecule has 0 atom stereocenters. The number of imide groups is 1. The Morgan fingerprint density at radius 1 is 1.16 bits per heavy atom. The van der Waals surface area contributed by atoms with Gasteiger partial charge in [-0.1, -0.05) is 41.9 Å². The van der Waals surface area contributed by atoms with Gasteiger partial charge in [0.25, 0.3) is 16.8 Å². The first kappa shape index (κ1) is 17.2. The predicted octanol–water partition coefficient (Wildman–Crippen LogP) is 4.48. The minimum atomic E-state index is -0.513. The smallest absolute Gasteiger partial charge is 0.268 e. The van der Waals surface area contributed by atoms with Crippen molar-refractivity contribution in [1.82, 2.24) is 4.90 Å². The van der Waals surface area contributed by atoms with E-state index in [-0.39, 0.29) is 17.1 Å². The molecule has 2 aromatic rings. The second-order valence-corrected chi connectivity index (χ2v) is 6.61. The summed E-state index contributed by atoms with van der Waals surface area (Å²) >= 11 is 6.88. The molecule has 8 heteroatoms. The molecule has 0 unspecified atom stereocenters. The normalized spacial score (nSPS) is 15.9. The fourth-order valence-electron chi connectivity index (χ4n) is 2.31. The molecule has 2 amide bonds. The maximum Gasteiger partial charge on any atom is 0.293 e. The summed E-state index contributed by atoms with van der Waals surface area (Å²) in [6.07, 6.45) is 1.48. The molecule has 0 spiro atoms. The van der Waals surface area contributed by atoms with E-state index in [0.717, 1.165) is 16.7 Å². The Balaban J connectivity index is 1.85. The second-order valence-electron chi connectivity index (χ2n) is 5.21. The van der Waals surface area contributed by atoms with E-state index in [1.165, 1.54) is 24.3 Å². The molecule has 126 valence electrons. The number of amides is 2. The van der Waals surface area contributed by atoms with Gasteiger partial charge in [0.05, 0.1) is 16.4 Å². The van der Waals surface area contributed by atoms with Crippen LogP contribution in [0.4, 0.5) is 10.5 Å². The van der Waals surface area contributed by atoms with Crippen LogP contribution in [0, 0.1) is 10.1 Å². The number of hydrogen-bond donors (Lipinski definition) is 0. The minimum absolute atomic E-state index is 0.0796. The number of benzene rings is 2. The summed E-state index contributed by atoms with van der Waals surface area (Å²) < 4.78 is 0. The highest BCUT2D eigenvalue weighted by atomic mass is 35.5. The van der Waals surface area contributed by atoms with E-state index in [1.54, 1.807) is 30.3 Å². The first-order valence-corrected chi connectivity index (χ1v) is 8.38. The molecule has 2 aromatic carbocycles. The quantitative estimate of drug-likeness (QED) is 0.447. The van der Waals surface area contributed by atoms with Crippen LogP contribution in [0.1, 0.15) is 11.1 Å². The summed E-state index contributed by atoms with van der Waals surface area (Å²) in [5, 5.41) is 10.9. The lowest BCUT2D eigenvalue weighted by Crippen LogP contribution is -2.27. The number of carbonyl (C=O) groups excluding carboxylic acids is 2. The van der Waals surface area contributed by atoms with Crippen molar-refractivity contribution in [3.05, 3.63) is 79.7 Å². The van der Waals surface area contributed by atoms with Crippen LogP contribution < -0.4 is 0 Å². The van der Waals surface area contributed by atoms with Gasteiger partial charge in [-0.25, -0.2) is 0 Å². The third kappa shape index (κ3) is 3.72. The van der Waals surface area contributed by atoms with E-state index in [2.05, 4.69) is 0 Å². The lowest BCUT2D eigenvalue weighted by molar-refractivity contribution is -0.384. The van der Waals surface area contributed by atoms with Crippen LogP contribution in [0.15, 0.2) is 53.4 Å². The summed E-state index contributed by atoms with van der Waals surface area (Å²) in [5.41, 5.74) is 1.07. The summed E-state index contributed by atoms with van der Waals surface area (Å²) in [4.78, 5) is 36.3. The average molecular weight is 375 g/mol. The van der Waals surface area contributed by atoms with Crippen LogP contribution in [0.2, 0.25) is 5.02 Å². The van der Waals surface area contributed by atoms with Crippen LogP contribution in [-0.4, -0.2) is 21.0 Å². The zero-order chi connectivity index (χ0) is 18.0. The molecule has 1 aliphatic heterocycles. The van der Waals surface area contributed by atoms with Crippen molar-refractivity contribution in [1.29, 1.82) is 0 Å². The van der Waals surface area contributed by atoms with Crippen molar-refractivity contribution < 1.29 is 14.5 Å². The van der Waals surface area contributed by atoms with Gasteiger partial charge in [0.1, 0.15) is 0 Å². The van der Waals surface area contributed by atoms with E-state index < -0.39 is 16.1 Å². The minimum Gasteiger partial charge on any atom is -0.268 e. The van der Waals surface area contributed by atoms with E-state index in [0.29, 0.717) is 16.1 Å². The fraction of sp³-hybridized carbons (Fsp3) is 0.0588. The fourth-order valence-corrected chi connectivity index (χ4v) is 3.35. The van der Waals surface area contributed by atoms with Gasteiger partial charge in [0, 0.05) is 17.2 Å². The van der Waals surface area contributed by atoms with Crippen molar-refractivity contribution in [3.8, 4) is 0 Å². The van der Waals surface area contributed by atoms with Gasteiger partial charge < -0.3 is 0 Å². The standard InChI is InChI=1S/C17H11ClN2O4S/c18-14-7-2-1-5-12(14)10-19-16(21)15(25-17(19)22)9-11-4-3-6-13(8-11)20(23)24/h1-9H,10H2/b15-9+. The third-order valence-electron chi connectivity index (χ3n) is 3.54. The summed E-state index contributed by atoms with van der Waals surface area (Å²) in [7, 11) is 0. The number of rotatable bonds is 4. The number of carbonyl (C=O) groups is 2. The zero-order valence-corrected chi connectivity index (χ0v) is 14.3. The molecule has 0 saturated carbocycles. The van der Waals surface area contributed by atoms with Gasteiger partial charge in [-0.3, -0.25) is 24.6 Å². The highest BCUT2D eigenvalue weighted by Crippen LogP contribution is 2.34. The maximum absolute atomic E-state index is 12.5. The number of hydrogen-bond acceptors (Lipinski definition) is 5. The number of halogens is 1. The van der Waals surface area contributed by atoms with Crippen LogP contribution in [0.3, 0.4) is 0 Å². The van der Waals surface area contributed by atoms with Crippen LogP contribution in [0.5, 0.6) is 0 Å². The number of nitro groups is 1. The molecule has 0 N–H and O–H groups in total. The Bertz CT molecular complexity index is 913. The van der Waals surface area contributed by atoms with Gasteiger partial charge in [0.15, 0.2) is 0 Å². The molecule has 1 aliphatic rings. The highest BCUT2D eigenvalue weighted by Gasteiger charge is 2.35. The Kier molecular flexibility index (Phi) is 4.87. The molecular weight excluding hydrogens is 364 g/mol. The predicted molar refractivity (Wildman–Crippen MR) is 96.1 cm³/mol. The van der Waals surface area contributed by atoms with Crippen LogP contribution in [-0.2, 0) is 11.3 Å². The molecule has 0 aliphatic carbocycles. The lowest BCUT2D eigenvalue weighted by Gasteiger charge is -2.13. The van der Waals surface area contributed by atoms with Gasteiger partial charge in [-0.2, -0.15) is 0 Å². The van der Waals surface area contributed by atoms with Crippen molar-refractivity contribution in [2.75, 3.05) is 0 Å². The molecule has 6 nitrogen and oxygen atoms in total. The maximum atomic E-state index is 12.5. The Morgan fingerprint density at radius 3 is 2.64 bits per heavy atom. The van der Waals surface area contributed by atoms with Crippen molar-refractivity contribution in [2.24, 2.45) is 0 Å². The monoisotopic (exact) mass is 374 g/mol. The molecule has 1 heterocycles. The van der Waals surface area contributed by atoms with Gasteiger partial charge in [-0.15, -0.1) is 0 Å². The lowest BCUT2D eigenvalue weighted by atomic mass is 10.2. The third-order valence-corrected chi connectivity index (χ3v) is 4.81. The molecule has 25 heavy (non-hydrogen) atoms. The summed E-state index contributed by atoms with van der Waals surface area (Å²) in [6.45, 7) is 0.0800. The van der Waals surface area contributed by atoms with Crippen molar-refractivity contribution in [2.45, 2.75) is 6.54 Å². The summed E-state index contributed by atoms with van der Waals surface area (Å²) in [5.74, 6) is -0.443. The molecule has 1 saturated heterocycles. The molecule has 1 fully saturated rings. The SMILES string of the molecule is O=C1S/C(=C/c2cccc([N+](=O)[O-])c2)C(=O)N1Cc1ccccc1Cl. The first-order valence-electron chi connectivity index (χ1n) is 7.19. The summed E-state index contributed by atoms with van der Waals surface area (Å²) in [6, 6.07) is 12.8. The van der Waals surface area contributed by atoms with Crippen LogP contribution >= 0.6 is 23.4 Å². The zero-order valence-electron chi connectivity index (χ0n) is 12.7. The van der Waals surface area contributed by atoms with E-state index in [1.807, 2.05) is 0 Å². The Morgan fingerprint density at radius 2 is 1.92 bits per heavy atom. The topological polar surface area (TPSA) is 80.5 Å². The number of non-ortho nitro benzene ring substituents is 1. The number of nitro benzene ring substituents is 1. The number of thioether (sulfide) groups is 1. The molecule has 0 bridgehead atoms. The Hall–Kier alpha value is -2.64. The van der Waals surface area contributed by atoms with Crippen LogP contribution in [0.25, 0.3) is 6.08 Å². The first-order chi connectivity index (χ1) is 12.0. The highest BCUT2D eigenvalue weighted by molar-refractivity contribution is 8.18. The van der Waals surface area contributed by atoms with Crippen molar-refractivity contribution >= 4 is 46.3 Å². The van der Waals surface area contributed by atoms with E-state index in [4.69, 9.17) is 11.6 Å². The van der Waals surface area contributed by atoms with Gasteiger partial charge in [0.2, 0.25) is 0 Å².